The lowest BCUT2D eigenvalue weighted by Crippen LogP contribution is -2.46. The molecule has 0 unspecified atom stereocenters. The number of hydrogen-bond acceptors (Lipinski definition) is 4. The molecule has 0 bridgehead atoms. The molecule has 1 aliphatic heterocycles. The zero-order valence-corrected chi connectivity index (χ0v) is 16.5. The van der Waals surface area contributed by atoms with Crippen LogP contribution in [0.25, 0.3) is 0 Å². The summed E-state index contributed by atoms with van der Waals surface area (Å²) in [6.45, 7) is 1.28. The molecule has 3 rings (SSSR count). The monoisotopic (exact) mass is 424 g/mol. The van der Waals surface area contributed by atoms with Gasteiger partial charge in [-0.25, -0.2) is 0 Å². The van der Waals surface area contributed by atoms with Gasteiger partial charge in [0.05, 0.1) is 6.61 Å². The van der Waals surface area contributed by atoms with E-state index in [0.717, 1.165) is 0 Å². The highest BCUT2D eigenvalue weighted by molar-refractivity contribution is 5.94. The number of ether oxygens (including phenoxy) is 1. The van der Waals surface area contributed by atoms with Crippen LogP contribution in [0.1, 0.15) is 45.1 Å². The van der Waals surface area contributed by atoms with E-state index < -0.39 is 12.8 Å². The molecule has 0 saturated carbocycles. The first-order valence-electron chi connectivity index (χ1n) is 9.61. The summed E-state index contributed by atoms with van der Waals surface area (Å²) in [6.07, 6.45) is -3.11. The van der Waals surface area contributed by atoms with Crippen LogP contribution in [0.3, 0.4) is 0 Å². The maximum Gasteiger partial charge on any atom is 0.411 e. The lowest BCUT2D eigenvalue weighted by Gasteiger charge is -2.32. The normalized spacial score (nSPS) is 15.3. The van der Waals surface area contributed by atoms with E-state index in [2.05, 4.69) is 10.1 Å². The number of nitrogens with one attached hydrogen (secondary N) is 1. The smallest absolute Gasteiger partial charge is 0.411 e. The van der Waals surface area contributed by atoms with Gasteiger partial charge in [0.2, 0.25) is 0 Å². The van der Waals surface area contributed by atoms with Crippen LogP contribution in [0.4, 0.5) is 13.2 Å². The lowest BCUT2D eigenvalue weighted by atomic mass is 10.0. The van der Waals surface area contributed by atoms with Crippen molar-refractivity contribution in [2.75, 3.05) is 19.7 Å². The summed E-state index contributed by atoms with van der Waals surface area (Å²) in [5.41, 5.74) is 1.02. The van der Waals surface area contributed by atoms with Gasteiger partial charge < -0.3 is 19.4 Å². The number of carbonyl (C=O) groups is 2. The largest absolute Gasteiger partial charge is 0.456 e. The first kappa shape index (κ1) is 21.9. The Bertz CT molecular complexity index is 869. The number of likely N-dealkylation sites (tertiary alicyclic amines) is 1. The Hall–Kier alpha value is -2.81. The van der Waals surface area contributed by atoms with Gasteiger partial charge in [-0.3, -0.25) is 9.59 Å². The van der Waals surface area contributed by atoms with E-state index in [1.165, 1.54) is 0 Å². The van der Waals surface area contributed by atoms with Gasteiger partial charge in [-0.05, 0) is 49.6 Å². The van der Waals surface area contributed by atoms with Crippen molar-refractivity contribution in [1.29, 1.82) is 0 Å². The molecule has 162 valence electrons. The van der Waals surface area contributed by atoms with E-state index >= 15 is 0 Å². The van der Waals surface area contributed by atoms with E-state index in [9.17, 15) is 22.8 Å². The Labute approximate surface area is 172 Å². The van der Waals surface area contributed by atoms with Crippen LogP contribution in [0.5, 0.6) is 0 Å². The first-order chi connectivity index (χ1) is 14.2. The highest BCUT2D eigenvalue weighted by Gasteiger charge is 2.27. The van der Waals surface area contributed by atoms with E-state index in [1.54, 1.807) is 48.2 Å². The zero-order chi connectivity index (χ0) is 21.7. The molecule has 0 radical (unpaired) electrons. The molecule has 1 aromatic heterocycles. The molecule has 0 spiro atoms. The van der Waals surface area contributed by atoms with Crippen molar-refractivity contribution < 1.29 is 31.9 Å². The Kier molecular flexibility index (Phi) is 6.81. The summed E-state index contributed by atoms with van der Waals surface area (Å²) < 4.78 is 46.3. The lowest BCUT2D eigenvalue weighted by molar-refractivity contribution is -0.176. The van der Waals surface area contributed by atoms with E-state index in [-0.39, 0.29) is 30.2 Å². The van der Waals surface area contributed by atoms with Gasteiger partial charge in [0.15, 0.2) is 5.76 Å². The molecule has 9 heteroatoms. The number of nitrogens with zero attached hydrogens (tertiary/aromatic N) is 1. The third-order valence-corrected chi connectivity index (χ3v) is 4.82. The summed E-state index contributed by atoms with van der Waals surface area (Å²) in [7, 11) is 0. The van der Waals surface area contributed by atoms with Gasteiger partial charge in [0, 0.05) is 24.7 Å². The average molecular weight is 424 g/mol. The molecule has 1 saturated heterocycles. The minimum Gasteiger partial charge on any atom is -0.456 e. The second-order valence-electron chi connectivity index (χ2n) is 7.26. The van der Waals surface area contributed by atoms with Crippen LogP contribution in [0.2, 0.25) is 0 Å². The van der Waals surface area contributed by atoms with Crippen LogP contribution in [-0.4, -0.2) is 48.6 Å². The molecule has 1 aromatic carbocycles. The Morgan fingerprint density at radius 3 is 2.37 bits per heavy atom. The molecule has 0 aliphatic carbocycles. The maximum absolute atomic E-state index is 12.7. The molecule has 30 heavy (non-hydrogen) atoms. The quantitative estimate of drug-likeness (QED) is 0.768. The molecular formula is C21H23F3N2O4. The second-order valence-corrected chi connectivity index (χ2v) is 7.26. The van der Waals surface area contributed by atoms with E-state index in [1.807, 2.05) is 0 Å². The third-order valence-electron chi connectivity index (χ3n) is 4.82. The van der Waals surface area contributed by atoms with Crippen LogP contribution in [-0.2, 0) is 11.3 Å². The van der Waals surface area contributed by atoms with Crippen molar-refractivity contribution in [3.8, 4) is 0 Å². The van der Waals surface area contributed by atoms with Crippen molar-refractivity contribution in [2.45, 2.75) is 38.6 Å². The van der Waals surface area contributed by atoms with Gasteiger partial charge in [-0.15, -0.1) is 0 Å². The van der Waals surface area contributed by atoms with Crippen molar-refractivity contribution in [3.63, 3.8) is 0 Å². The number of amides is 2. The fourth-order valence-corrected chi connectivity index (χ4v) is 3.25. The second kappa shape index (κ2) is 9.34. The van der Waals surface area contributed by atoms with Crippen LogP contribution < -0.4 is 5.32 Å². The van der Waals surface area contributed by atoms with Crippen molar-refractivity contribution in [2.24, 2.45) is 0 Å². The molecule has 2 heterocycles. The Morgan fingerprint density at radius 2 is 1.80 bits per heavy atom. The van der Waals surface area contributed by atoms with Gasteiger partial charge >= 0.3 is 6.18 Å². The van der Waals surface area contributed by atoms with E-state index in [4.69, 9.17) is 4.42 Å². The summed E-state index contributed by atoms with van der Waals surface area (Å²) in [5.74, 6) is 0.518. The standard InChI is InChI=1S/C21H23F3N2O4/c1-14-2-7-18(30-14)19(27)25-17-8-10-26(11-9-17)20(28)16-5-3-15(4-6-16)12-29-13-21(22,23)24/h2-7,17H,8-13H2,1H3,(H,25,27). The summed E-state index contributed by atoms with van der Waals surface area (Å²) in [6, 6.07) is 9.65. The fraction of sp³-hybridized carbons (Fsp3) is 0.429. The number of benzene rings is 1. The summed E-state index contributed by atoms with van der Waals surface area (Å²) in [4.78, 5) is 26.5. The number of piperidine rings is 1. The highest BCUT2D eigenvalue weighted by Crippen LogP contribution is 2.18. The molecule has 0 atom stereocenters. The molecule has 2 amide bonds. The predicted octanol–water partition coefficient (Wildman–Crippen LogP) is 3.70. The average Bonchev–Trinajstić information content (AvgIpc) is 3.14. The number of hydrogen-bond donors (Lipinski definition) is 1. The number of carbonyl (C=O) groups excluding carboxylic acids is 2. The highest BCUT2D eigenvalue weighted by atomic mass is 19.4. The van der Waals surface area contributed by atoms with Crippen LogP contribution in [0, 0.1) is 6.92 Å². The van der Waals surface area contributed by atoms with E-state index in [0.29, 0.717) is 42.8 Å². The summed E-state index contributed by atoms with van der Waals surface area (Å²) >= 11 is 0. The predicted molar refractivity (Wildman–Crippen MR) is 102 cm³/mol. The van der Waals surface area contributed by atoms with Gasteiger partial charge in [0.1, 0.15) is 12.4 Å². The number of furan rings is 1. The summed E-state index contributed by atoms with van der Waals surface area (Å²) in [5, 5.41) is 2.92. The third kappa shape index (κ3) is 6.09. The molecule has 2 aromatic rings. The fourth-order valence-electron chi connectivity index (χ4n) is 3.25. The molecule has 6 nitrogen and oxygen atoms in total. The number of aryl methyl sites for hydroxylation is 1. The maximum atomic E-state index is 12.7. The minimum absolute atomic E-state index is 0.0416. The topological polar surface area (TPSA) is 71.8 Å². The number of rotatable bonds is 6. The number of alkyl halides is 3. The molecule has 1 aliphatic rings. The zero-order valence-electron chi connectivity index (χ0n) is 16.5. The van der Waals surface area contributed by atoms with Gasteiger partial charge in [0.25, 0.3) is 11.8 Å². The first-order valence-corrected chi connectivity index (χ1v) is 9.61. The van der Waals surface area contributed by atoms with Gasteiger partial charge in [-0.1, -0.05) is 12.1 Å². The van der Waals surface area contributed by atoms with Crippen molar-refractivity contribution in [3.05, 3.63) is 59.0 Å². The van der Waals surface area contributed by atoms with Crippen molar-refractivity contribution >= 4 is 11.8 Å². The van der Waals surface area contributed by atoms with Crippen LogP contribution >= 0.6 is 0 Å². The molecule has 1 fully saturated rings. The minimum atomic E-state index is -4.36. The van der Waals surface area contributed by atoms with Crippen molar-refractivity contribution in [1.82, 2.24) is 10.2 Å². The molecular weight excluding hydrogens is 401 g/mol. The Balaban J connectivity index is 1.46. The molecule has 1 N–H and O–H groups in total. The van der Waals surface area contributed by atoms with Gasteiger partial charge in [-0.2, -0.15) is 13.2 Å². The Morgan fingerprint density at radius 1 is 1.13 bits per heavy atom. The number of halogens is 3. The van der Waals surface area contributed by atoms with Crippen LogP contribution in [0.15, 0.2) is 40.8 Å². The SMILES string of the molecule is Cc1ccc(C(=O)NC2CCN(C(=O)c3ccc(COCC(F)(F)F)cc3)CC2)o1.